The number of para-hydroxylation sites is 3. The quantitative estimate of drug-likeness (QED) is 0.283. The molecule has 1 amide bonds. The largest absolute Gasteiger partial charge is 0.493 e. The molecule has 0 fully saturated rings. The van der Waals surface area contributed by atoms with E-state index in [1.807, 2.05) is 54.6 Å². The lowest BCUT2D eigenvalue weighted by Crippen LogP contribution is -2.26. The van der Waals surface area contributed by atoms with Crippen LogP contribution in [0.2, 0.25) is 0 Å². The van der Waals surface area contributed by atoms with Gasteiger partial charge in [-0.05, 0) is 54.7 Å². The Balaban J connectivity index is 1.33. The third-order valence-electron chi connectivity index (χ3n) is 5.98. The Morgan fingerprint density at radius 2 is 1.68 bits per heavy atom. The standard InChI is InChI=1S/C29H33N3O2/c1-22(2)24-14-6-9-17-27(24)34-21-11-10-20-32-26-16-8-7-15-25(26)31-28(32)18-19-30-29(33)23-12-4-3-5-13-23/h3-9,12-17,22H,10-11,18-21H2,1-2H3,(H,30,33). The number of aryl methyl sites for hydroxylation is 1. The van der Waals surface area contributed by atoms with Crippen molar-refractivity contribution in [3.8, 4) is 5.75 Å². The SMILES string of the molecule is CC(C)c1ccccc1OCCCCn1c(CCNC(=O)c2ccccc2)nc2ccccc21. The van der Waals surface area contributed by atoms with Crippen molar-refractivity contribution in [2.75, 3.05) is 13.2 Å². The van der Waals surface area contributed by atoms with E-state index in [1.54, 1.807) is 0 Å². The van der Waals surface area contributed by atoms with Crippen LogP contribution in [0.15, 0.2) is 78.9 Å². The summed E-state index contributed by atoms with van der Waals surface area (Å²) in [7, 11) is 0. The maximum atomic E-state index is 12.4. The molecule has 1 aromatic heterocycles. The van der Waals surface area contributed by atoms with Gasteiger partial charge >= 0.3 is 0 Å². The summed E-state index contributed by atoms with van der Waals surface area (Å²) in [6, 6.07) is 25.8. The Labute approximate surface area is 201 Å². The fourth-order valence-electron chi connectivity index (χ4n) is 4.19. The molecule has 176 valence electrons. The molecule has 4 aromatic rings. The van der Waals surface area contributed by atoms with Crippen LogP contribution in [0.1, 0.15) is 54.4 Å². The summed E-state index contributed by atoms with van der Waals surface area (Å²) >= 11 is 0. The third kappa shape index (κ3) is 5.84. The van der Waals surface area contributed by atoms with Crippen molar-refractivity contribution in [2.24, 2.45) is 0 Å². The number of rotatable bonds is 11. The van der Waals surface area contributed by atoms with Crippen LogP contribution in [0, 0.1) is 0 Å². The molecule has 0 aliphatic carbocycles. The van der Waals surface area contributed by atoms with Crippen molar-refractivity contribution in [3.05, 3.63) is 95.8 Å². The smallest absolute Gasteiger partial charge is 0.251 e. The van der Waals surface area contributed by atoms with E-state index in [0.717, 1.165) is 42.0 Å². The van der Waals surface area contributed by atoms with Gasteiger partial charge in [-0.25, -0.2) is 4.98 Å². The molecule has 0 spiro atoms. The number of nitrogens with one attached hydrogen (secondary N) is 1. The van der Waals surface area contributed by atoms with Crippen LogP contribution < -0.4 is 10.1 Å². The molecule has 3 aromatic carbocycles. The molecular formula is C29H33N3O2. The summed E-state index contributed by atoms with van der Waals surface area (Å²) in [6.07, 6.45) is 2.64. The second-order valence-corrected chi connectivity index (χ2v) is 8.79. The zero-order valence-electron chi connectivity index (χ0n) is 20.0. The highest BCUT2D eigenvalue weighted by molar-refractivity contribution is 5.94. The van der Waals surface area contributed by atoms with E-state index in [1.165, 1.54) is 5.56 Å². The van der Waals surface area contributed by atoms with E-state index in [2.05, 4.69) is 48.0 Å². The maximum absolute atomic E-state index is 12.4. The van der Waals surface area contributed by atoms with Gasteiger partial charge in [0.1, 0.15) is 11.6 Å². The molecule has 0 aliphatic heterocycles. The Hall–Kier alpha value is -3.60. The average Bonchev–Trinajstić information content (AvgIpc) is 3.21. The summed E-state index contributed by atoms with van der Waals surface area (Å²) in [6.45, 7) is 6.49. The molecule has 0 saturated heterocycles. The van der Waals surface area contributed by atoms with E-state index in [9.17, 15) is 4.79 Å². The lowest BCUT2D eigenvalue weighted by Gasteiger charge is -2.14. The van der Waals surface area contributed by atoms with Crippen LogP contribution in [0.4, 0.5) is 0 Å². The van der Waals surface area contributed by atoms with Crippen molar-refractivity contribution in [2.45, 2.75) is 45.6 Å². The fourth-order valence-corrected chi connectivity index (χ4v) is 4.19. The molecular weight excluding hydrogens is 422 g/mol. The predicted octanol–water partition coefficient (Wildman–Crippen LogP) is 5.99. The monoisotopic (exact) mass is 455 g/mol. The van der Waals surface area contributed by atoms with Crippen molar-refractivity contribution in [1.29, 1.82) is 0 Å². The number of nitrogens with zero attached hydrogens (tertiary/aromatic N) is 2. The first kappa shape index (κ1) is 23.6. The van der Waals surface area contributed by atoms with E-state index in [-0.39, 0.29) is 5.91 Å². The Bertz CT molecular complexity index is 1210. The zero-order chi connectivity index (χ0) is 23.8. The van der Waals surface area contributed by atoms with E-state index in [4.69, 9.17) is 9.72 Å². The number of amides is 1. The average molecular weight is 456 g/mol. The Morgan fingerprint density at radius 3 is 2.50 bits per heavy atom. The number of hydrogen-bond donors (Lipinski definition) is 1. The normalized spacial score (nSPS) is 11.1. The van der Waals surface area contributed by atoms with Crippen molar-refractivity contribution in [1.82, 2.24) is 14.9 Å². The number of unbranched alkanes of at least 4 members (excludes halogenated alkanes) is 1. The van der Waals surface area contributed by atoms with Crippen molar-refractivity contribution >= 4 is 16.9 Å². The highest BCUT2D eigenvalue weighted by atomic mass is 16.5. The molecule has 1 N–H and O–H groups in total. The molecule has 0 saturated carbocycles. The minimum absolute atomic E-state index is 0.0536. The maximum Gasteiger partial charge on any atom is 0.251 e. The summed E-state index contributed by atoms with van der Waals surface area (Å²) in [5.41, 5.74) is 4.06. The van der Waals surface area contributed by atoms with Crippen LogP contribution in [-0.4, -0.2) is 28.6 Å². The van der Waals surface area contributed by atoms with Gasteiger partial charge in [-0.2, -0.15) is 0 Å². The van der Waals surface area contributed by atoms with E-state index >= 15 is 0 Å². The van der Waals surface area contributed by atoms with Crippen LogP contribution >= 0.6 is 0 Å². The molecule has 0 aliphatic rings. The molecule has 1 heterocycles. The number of ether oxygens (including phenoxy) is 1. The lowest BCUT2D eigenvalue weighted by atomic mass is 10.0. The van der Waals surface area contributed by atoms with Crippen LogP contribution in [0.3, 0.4) is 0 Å². The lowest BCUT2D eigenvalue weighted by molar-refractivity contribution is 0.0954. The fraction of sp³-hybridized carbons (Fsp3) is 0.310. The second-order valence-electron chi connectivity index (χ2n) is 8.79. The van der Waals surface area contributed by atoms with Crippen LogP contribution in [-0.2, 0) is 13.0 Å². The van der Waals surface area contributed by atoms with Gasteiger partial charge in [0, 0.05) is 25.1 Å². The summed E-state index contributed by atoms with van der Waals surface area (Å²) < 4.78 is 8.38. The van der Waals surface area contributed by atoms with Gasteiger partial charge < -0.3 is 14.6 Å². The number of hydrogen-bond acceptors (Lipinski definition) is 3. The molecule has 0 unspecified atom stereocenters. The third-order valence-corrected chi connectivity index (χ3v) is 5.98. The van der Waals surface area contributed by atoms with E-state index < -0.39 is 0 Å². The first-order valence-electron chi connectivity index (χ1n) is 12.1. The molecule has 0 bridgehead atoms. The van der Waals surface area contributed by atoms with Gasteiger partial charge in [0.15, 0.2) is 0 Å². The molecule has 34 heavy (non-hydrogen) atoms. The number of benzene rings is 3. The molecule has 5 nitrogen and oxygen atoms in total. The topological polar surface area (TPSA) is 56.1 Å². The van der Waals surface area contributed by atoms with Gasteiger partial charge in [0.2, 0.25) is 0 Å². The predicted molar refractivity (Wildman–Crippen MR) is 137 cm³/mol. The second kappa shape index (κ2) is 11.5. The number of carbonyl (C=O) groups excluding carboxylic acids is 1. The van der Waals surface area contributed by atoms with Crippen LogP contribution in [0.25, 0.3) is 11.0 Å². The number of carbonyl (C=O) groups is 1. The first-order valence-corrected chi connectivity index (χ1v) is 12.1. The van der Waals surface area contributed by atoms with Gasteiger partial charge in [0.05, 0.1) is 17.6 Å². The number of fused-ring (bicyclic) bond motifs is 1. The molecule has 4 rings (SSSR count). The number of aromatic nitrogens is 2. The molecule has 5 heteroatoms. The Kier molecular flexibility index (Phi) is 7.97. The minimum atomic E-state index is -0.0536. The summed E-state index contributed by atoms with van der Waals surface area (Å²) in [5.74, 6) is 2.38. The summed E-state index contributed by atoms with van der Waals surface area (Å²) in [4.78, 5) is 17.2. The number of imidazole rings is 1. The Morgan fingerprint density at radius 1 is 0.941 bits per heavy atom. The van der Waals surface area contributed by atoms with Gasteiger partial charge in [0.25, 0.3) is 5.91 Å². The van der Waals surface area contributed by atoms with Crippen molar-refractivity contribution < 1.29 is 9.53 Å². The van der Waals surface area contributed by atoms with E-state index in [0.29, 0.717) is 31.1 Å². The molecule has 0 radical (unpaired) electrons. The van der Waals surface area contributed by atoms with Crippen LogP contribution in [0.5, 0.6) is 5.75 Å². The molecule has 0 atom stereocenters. The summed E-state index contributed by atoms with van der Waals surface area (Å²) in [5, 5.41) is 3.02. The van der Waals surface area contributed by atoms with Gasteiger partial charge in [-0.1, -0.05) is 62.4 Å². The first-order chi connectivity index (χ1) is 16.6. The van der Waals surface area contributed by atoms with Gasteiger partial charge in [-0.3, -0.25) is 4.79 Å². The minimum Gasteiger partial charge on any atom is -0.493 e. The van der Waals surface area contributed by atoms with Crippen molar-refractivity contribution in [3.63, 3.8) is 0 Å². The highest BCUT2D eigenvalue weighted by Crippen LogP contribution is 2.26. The highest BCUT2D eigenvalue weighted by Gasteiger charge is 2.12. The van der Waals surface area contributed by atoms with Gasteiger partial charge in [-0.15, -0.1) is 0 Å². The zero-order valence-corrected chi connectivity index (χ0v) is 20.0.